The van der Waals surface area contributed by atoms with Gasteiger partial charge in [-0.05, 0) is 23.6 Å². The van der Waals surface area contributed by atoms with Crippen molar-refractivity contribution in [2.45, 2.75) is 19.9 Å². The van der Waals surface area contributed by atoms with Crippen LogP contribution in [0.1, 0.15) is 25.5 Å². The van der Waals surface area contributed by atoms with Crippen LogP contribution in [0.15, 0.2) is 28.7 Å². The van der Waals surface area contributed by atoms with Crippen molar-refractivity contribution >= 4 is 28.3 Å². The van der Waals surface area contributed by atoms with Gasteiger partial charge in [-0.25, -0.2) is 0 Å². The maximum Gasteiger partial charge on any atom is 0.0318 e. The molecule has 1 nitrogen and oxygen atoms in total. The van der Waals surface area contributed by atoms with Crippen LogP contribution >= 0.6 is 28.3 Å². The zero-order valence-corrected chi connectivity index (χ0v) is 10.2. The Hall–Kier alpha value is -0.0500. The highest BCUT2D eigenvalue weighted by molar-refractivity contribution is 9.10. The Bertz CT molecular complexity index is 263. The average molecular weight is 265 g/mol. The normalized spacial score (nSPS) is 12.4. The van der Waals surface area contributed by atoms with Gasteiger partial charge < -0.3 is 5.73 Å². The minimum atomic E-state index is 0. The molecule has 1 unspecified atom stereocenters. The number of halogens is 2. The van der Waals surface area contributed by atoms with Gasteiger partial charge in [0.05, 0.1) is 0 Å². The van der Waals surface area contributed by atoms with Gasteiger partial charge in [-0.1, -0.05) is 41.9 Å². The monoisotopic (exact) mass is 263 g/mol. The summed E-state index contributed by atoms with van der Waals surface area (Å²) in [7, 11) is 0. The fourth-order valence-electron chi connectivity index (χ4n) is 1.10. The Morgan fingerprint density at radius 2 is 1.92 bits per heavy atom. The van der Waals surface area contributed by atoms with E-state index in [1.807, 2.05) is 12.1 Å². The van der Waals surface area contributed by atoms with E-state index in [4.69, 9.17) is 5.73 Å². The molecule has 0 aromatic heterocycles. The van der Waals surface area contributed by atoms with Gasteiger partial charge >= 0.3 is 0 Å². The summed E-state index contributed by atoms with van der Waals surface area (Å²) in [6.45, 7) is 4.26. The van der Waals surface area contributed by atoms with E-state index in [9.17, 15) is 0 Å². The third-order valence-electron chi connectivity index (χ3n) is 1.95. The van der Waals surface area contributed by atoms with Crippen LogP contribution in [-0.4, -0.2) is 0 Å². The van der Waals surface area contributed by atoms with Crippen molar-refractivity contribution in [3.63, 3.8) is 0 Å². The Labute approximate surface area is 94.3 Å². The molecular formula is C10H15BrClN. The van der Waals surface area contributed by atoms with Gasteiger partial charge in [0.25, 0.3) is 0 Å². The first kappa shape index (κ1) is 12.9. The molecule has 0 heterocycles. The average Bonchev–Trinajstić information content (AvgIpc) is 2.03. The van der Waals surface area contributed by atoms with Gasteiger partial charge in [0.2, 0.25) is 0 Å². The fourth-order valence-corrected chi connectivity index (χ4v) is 1.52. The predicted molar refractivity (Wildman–Crippen MR) is 63.2 cm³/mol. The van der Waals surface area contributed by atoms with Crippen LogP contribution in [0.2, 0.25) is 0 Å². The lowest BCUT2D eigenvalue weighted by molar-refractivity contribution is 0.514. The van der Waals surface area contributed by atoms with Gasteiger partial charge in [0.15, 0.2) is 0 Å². The molecule has 1 aromatic rings. The van der Waals surface area contributed by atoms with Crippen LogP contribution in [0, 0.1) is 5.92 Å². The van der Waals surface area contributed by atoms with Crippen LogP contribution < -0.4 is 5.73 Å². The number of hydrogen-bond acceptors (Lipinski definition) is 1. The number of hydrogen-bond donors (Lipinski definition) is 1. The summed E-state index contributed by atoms with van der Waals surface area (Å²) < 4.78 is 1.09. The first-order valence-electron chi connectivity index (χ1n) is 4.12. The third-order valence-corrected chi connectivity index (χ3v) is 2.45. The van der Waals surface area contributed by atoms with Crippen LogP contribution in [0.3, 0.4) is 0 Å². The lowest BCUT2D eigenvalue weighted by atomic mass is 9.97. The van der Waals surface area contributed by atoms with Crippen molar-refractivity contribution < 1.29 is 0 Å². The second-order valence-corrected chi connectivity index (χ2v) is 4.24. The molecule has 13 heavy (non-hydrogen) atoms. The van der Waals surface area contributed by atoms with Gasteiger partial charge in [-0.3, -0.25) is 0 Å². The third kappa shape index (κ3) is 3.67. The SMILES string of the molecule is CC(C)C(N)c1cccc(Br)c1.Cl. The molecule has 74 valence electrons. The molecule has 0 aliphatic heterocycles. The second kappa shape index (κ2) is 5.63. The van der Waals surface area contributed by atoms with Crippen LogP contribution in [0.4, 0.5) is 0 Å². The Balaban J connectivity index is 0.00000144. The Morgan fingerprint density at radius 3 is 2.38 bits per heavy atom. The molecular weight excluding hydrogens is 249 g/mol. The molecule has 0 bridgehead atoms. The maximum absolute atomic E-state index is 5.99. The minimum Gasteiger partial charge on any atom is -0.324 e. The largest absolute Gasteiger partial charge is 0.324 e. The minimum absolute atomic E-state index is 0. The number of rotatable bonds is 2. The van der Waals surface area contributed by atoms with E-state index in [0.29, 0.717) is 5.92 Å². The summed E-state index contributed by atoms with van der Waals surface area (Å²) in [5.41, 5.74) is 7.18. The number of benzene rings is 1. The zero-order valence-electron chi connectivity index (χ0n) is 7.83. The maximum atomic E-state index is 5.99. The Kier molecular flexibility index (Phi) is 5.61. The lowest BCUT2D eigenvalue weighted by Gasteiger charge is -2.15. The molecule has 3 heteroatoms. The molecule has 1 aromatic carbocycles. The van der Waals surface area contributed by atoms with Gasteiger partial charge in [-0.2, -0.15) is 0 Å². The summed E-state index contributed by atoms with van der Waals surface area (Å²) in [5.74, 6) is 0.485. The molecule has 0 saturated heterocycles. The first-order valence-corrected chi connectivity index (χ1v) is 4.91. The van der Waals surface area contributed by atoms with Crippen molar-refractivity contribution in [1.82, 2.24) is 0 Å². The molecule has 2 N–H and O–H groups in total. The highest BCUT2D eigenvalue weighted by Crippen LogP contribution is 2.21. The van der Waals surface area contributed by atoms with Crippen molar-refractivity contribution in [2.75, 3.05) is 0 Å². The topological polar surface area (TPSA) is 26.0 Å². The number of nitrogens with two attached hydrogens (primary N) is 1. The first-order chi connectivity index (χ1) is 5.61. The van der Waals surface area contributed by atoms with E-state index in [-0.39, 0.29) is 18.4 Å². The van der Waals surface area contributed by atoms with Gasteiger partial charge in [0.1, 0.15) is 0 Å². The van der Waals surface area contributed by atoms with E-state index in [1.165, 1.54) is 5.56 Å². The Morgan fingerprint density at radius 1 is 1.31 bits per heavy atom. The standard InChI is InChI=1S/C10H14BrN.ClH/c1-7(2)10(12)8-4-3-5-9(11)6-8;/h3-7,10H,12H2,1-2H3;1H. The predicted octanol–water partition coefficient (Wildman–Crippen LogP) is 3.53. The molecule has 0 fully saturated rings. The van der Waals surface area contributed by atoms with E-state index in [0.717, 1.165) is 4.47 Å². The fraction of sp³-hybridized carbons (Fsp3) is 0.400. The molecule has 1 rings (SSSR count). The highest BCUT2D eigenvalue weighted by Gasteiger charge is 2.09. The molecule has 0 saturated carbocycles. The van der Waals surface area contributed by atoms with E-state index < -0.39 is 0 Å². The molecule has 0 amide bonds. The van der Waals surface area contributed by atoms with Gasteiger partial charge in [-0.15, -0.1) is 12.4 Å². The molecule has 0 spiro atoms. The summed E-state index contributed by atoms with van der Waals surface area (Å²) in [4.78, 5) is 0. The molecule has 0 radical (unpaired) electrons. The van der Waals surface area contributed by atoms with E-state index in [1.54, 1.807) is 0 Å². The second-order valence-electron chi connectivity index (χ2n) is 3.32. The van der Waals surface area contributed by atoms with E-state index in [2.05, 4.69) is 41.9 Å². The van der Waals surface area contributed by atoms with Crippen molar-refractivity contribution in [3.8, 4) is 0 Å². The van der Waals surface area contributed by atoms with Crippen molar-refractivity contribution in [2.24, 2.45) is 11.7 Å². The summed E-state index contributed by atoms with van der Waals surface area (Å²) >= 11 is 3.42. The lowest BCUT2D eigenvalue weighted by Crippen LogP contribution is -2.16. The molecule has 1 atom stereocenters. The van der Waals surface area contributed by atoms with E-state index >= 15 is 0 Å². The molecule has 0 aliphatic rings. The quantitative estimate of drug-likeness (QED) is 0.869. The van der Waals surface area contributed by atoms with Crippen LogP contribution in [0.25, 0.3) is 0 Å². The van der Waals surface area contributed by atoms with Crippen molar-refractivity contribution in [3.05, 3.63) is 34.3 Å². The van der Waals surface area contributed by atoms with Crippen molar-refractivity contribution in [1.29, 1.82) is 0 Å². The summed E-state index contributed by atoms with van der Waals surface area (Å²) in [5, 5.41) is 0. The molecule has 0 aliphatic carbocycles. The summed E-state index contributed by atoms with van der Waals surface area (Å²) in [6.07, 6.45) is 0. The van der Waals surface area contributed by atoms with Gasteiger partial charge in [0, 0.05) is 10.5 Å². The summed E-state index contributed by atoms with van der Waals surface area (Å²) in [6, 6.07) is 8.31. The smallest absolute Gasteiger partial charge is 0.0318 e. The van der Waals surface area contributed by atoms with Crippen LogP contribution in [-0.2, 0) is 0 Å². The highest BCUT2D eigenvalue weighted by atomic mass is 79.9. The van der Waals surface area contributed by atoms with Crippen LogP contribution in [0.5, 0.6) is 0 Å². The zero-order chi connectivity index (χ0) is 9.14.